The van der Waals surface area contributed by atoms with E-state index in [1.165, 1.54) is 6.07 Å². The van der Waals surface area contributed by atoms with Crippen LogP contribution in [0.4, 0.5) is 4.39 Å². The number of hydrogen-bond acceptors (Lipinski definition) is 2. The molecular formula is C14H19FN2O. The van der Waals surface area contributed by atoms with E-state index in [4.69, 9.17) is 5.73 Å². The molecule has 1 aliphatic carbocycles. The van der Waals surface area contributed by atoms with Crippen molar-refractivity contribution in [1.29, 1.82) is 0 Å². The number of carbonyl (C=O) groups is 1. The van der Waals surface area contributed by atoms with Gasteiger partial charge in [-0.1, -0.05) is 18.9 Å². The molecule has 0 aromatic heterocycles. The lowest BCUT2D eigenvalue weighted by Gasteiger charge is -2.28. The molecule has 0 heterocycles. The third kappa shape index (κ3) is 2.53. The van der Waals surface area contributed by atoms with Crippen LogP contribution in [0.2, 0.25) is 0 Å². The minimum atomic E-state index is -0.351. The topological polar surface area (TPSA) is 55.1 Å². The molecule has 0 bridgehead atoms. The van der Waals surface area contributed by atoms with Crippen molar-refractivity contribution in [1.82, 2.24) is 5.32 Å². The van der Waals surface area contributed by atoms with Crippen molar-refractivity contribution in [2.75, 3.05) is 6.54 Å². The number of rotatable bonds is 3. The standard InChI is InChI=1S/C14H19FN2O/c1-10-4-5-11(8-12(10)15)13(18)17-14(9-16)6-2-3-7-14/h4-5,8H,2-3,6-7,9,16H2,1H3,(H,17,18). The number of halogens is 1. The van der Waals surface area contributed by atoms with E-state index in [9.17, 15) is 9.18 Å². The van der Waals surface area contributed by atoms with Crippen molar-refractivity contribution >= 4 is 5.91 Å². The predicted molar refractivity (Wildman–Crippen MR) is 68.9 cm³/mol. The maximum Gasteiger partial charge on any atom is 0.251 e. The van der Waals surface area contributed by atoms with Gasteiger partial charge in [0.1, 0.15) is 5.82 Å². The molecule has 1 fully saturated rings. The summed E-state index contributed by atoms with van der Waals surface area (Å²) in [5.74, 6) is -0.586. The van der Waals surface area contributed by atoms with Crippen LogP contribution in [0.1, 0.15) is 41.6 Å². The summed E-state index contributed by atoms with van der Waals surface area (Å²) < 4.78 is 13.4. The molecule has 1 amide bonds. The zero-order chi connectivity index (χ0) is 13.2. The second kappa shape index (κ2) is 5.06. The van der Waals surface area contributed by atoms with Crippen LogP contribution in [-0.2, 0) is 0 Å². The molecule has 4 heteroatoms. The van der Waals surface area contributed by atoms with E-state index in [0.29, 0.717) is 17.7 Å². The predicted octanol–water partition coefficient (Wildman–Crippen LogP) is 2.14. The van der Waals surface area contributed by atoms with E-state index in [1.54, 1.807) is 19.1 Å². The summed E-state index contributed by atoms with van der Waals surface area (Å²) in [4.78, 5) is 12.1. The molecule has 0 spiro atoms. The van der Waals surface area contributed by atoms with Gasteiger partial charge in [0.2, 0.25) is 0 Å². The van der Waals surface area contributed by atoms with Gasteiger partial charge < -0.3 is 11.1 Å². The molecular weight excluding hydrogens is 231 g/mol. The minimum absolute atomic E-state index is 0.235. The highest BCUT2D eigenvalue weighted by molar-refractivity contribution is 5.94. The van der Waals surface area contributed by atoms with E-state index < -0.39 is 0 Å². The fourth-order valence-electron chi connectivity index (χ4n) is 2.48. The monoisotopic (exact) mass is 250 g/mol. The SMILES string of the molecule is Cc1ccc(C(=O)NC2(CN)CCCC2)cc1F. The Kier molecular flexibility index (Phi) is 3.66. The molecule has 0 unspecified atom stereocenters. The van der Waals surface area contributed by atoms with Gasteiger partial charge in [-0.3, -0.25) is 4.79 Å². The number of nitrogens with one attached hydrogen (secondary N) is 1. The highest BCUT2D eigenvalue weighted by Crippen LogP contribution is 2.29. The Balaban J connectivity index is 2.13. The molecule has 0 saturated heterocycles. The Morgan fingerprint density at radius 3 is 2.67 bits per heavy atom. The summed E-state index contributed by atoms with van der Waals surface area (Å²) in [5, 5.41) is 2.97. The van der Waals surface area contributed by atoms with Gasteiger partial charge in [-0.05, 0) is 37.5 Å². The van der Waals surface area contributed by atoms with Gasteiger partial charge in [-0.25, -0.2) is 4.39 Å². The first-order valence-corrected chi connectivity index (χ1v) is 6.35. The van der Waals surface area contributed by atoms with Gasteiger partial charge in [-0.2, -0.15) is 0 Å². The van der Waals surface area contributed by atoms with Crippen molar-refractivity contribution in [3.63, 3.8) is 0 Å². The Labute approximate surface area is 107 Å². The second-order valence-electron chi connectivity index (χ2n) is 5.11. The van der Waals surface area contributed by atoms with Gasteiger partial charge in [0.05, 0.1) is 5.54 Å². The molecule has 3 N–H and O–H groups in total. The quantitative estimate of drug-likeness (QED) is 0.863. The van der Waals surface area contributed by atoms with Crippen molar-refractivity contribution in [3.8, 4) is 0 Å². The van der Waals surface area contributed by atoms with Crippen LogP contribution < -0.4 is 11.1 Å². The van der Waals surface area contributed by atoms with Gasteiger partial charge in [0.15, 0.2) is 0 Å². The summed E-state index contributed by atoms with van der Waals surface area (Å²) in [7, 11) is 0. The Hall–Kier alpha value is -1.42. The van der Waals surface area contributed by atoms with Gasteiger partial charge in [-0.15, -0.1) is 0 Å². The molecule has 3 nitrogen and oxygen atoms in total. The van der Waals surface area contributed by atoms with Crippen LogP contribution in [0.25, 0.3) is 0 Å². The third-order valence-electron chi connectivity index (χ3n) is 3.76. The molecule has 0 aliphatic heterocycles. The molecule has 0 radical (unpaired) electrons. The number of hydrogen-bond donors (Lipinski definition) is 2. The maximum atomic E-state index is 13.4. The maximum absolute atomic E-state index is 13.4. The van der Waals surface area contributed by atoms with Crippen LogP contribution in [0.15, 0.2) is 18.2 Å². The highest BCUT2D eigenvalue weighted by Gasteiger charge is 2.34. The Morgan fingerprint density at radius 2 is 2.11 bits per heavy atom. The summed E-state index contributed by atoms with van der Waals surface area (Å²) in [6.07, 6.45) is 3.98. The molecule has 18 heavy (non-hydrogen) atoms. The minimum Gasteiger partial charge on any atom is -0.345 e. The molecule has 1 aromatic carbocycles. The summed E-state index contributed by atoms with van der Waals surface area (Å²) >= 11 is 0. The highest BCUT2D eigenvalue weighted by atomic mass is 19.1. The first kappa shape index (κ1) is 13.0. The average Bonchev–Trinajstić information content (AvgIpc) is 2.82. The third-order valence-corrected chi connectivity index (χ3v) is 3.76. The van der Waals surface area contributed by atoms with E-state index in [0.717, 1.165) is 25.7 Å². The van der Waals surface area contributed by atoms with Crippen LogP contribution in [-0.4, -0.2) is 18.0 Å². The van der Waals surface area contributed by atoms with E-state index in [-0.39, 0.29) is 17.3 Å². The first-order valence-electron chi connectivity index (χ1n) is 6.35. The van der Waals surface area contributed by atoms with Crippen molar-refractivity contribution in [3.05, 3.63) is 35.1 Å². The smallest absolute Gasteiger partial charge is 0.251 e. The number of carbonyl (C=O) groups excluding carboxylic acids is 1. The first-order chi connectivity index (χ1) is 8.56. The normalized spacial score (nSPS) is 17.7. The van der Waals surface area contributed by atoms with Crippen LogP contribution in [0, 0.1) is 12.7 Å². The number of aryl methyl sites for hydroxylation is 1. The summed E-state index contributed by atoms with van der Waals surface area (Å²) in [6, 6.07) is 4.55. The lowest BCUT2D eigenvalue weighted by Crippen LogP contribution is -2.51. The second-order valence-corrected chi connectivity index (χ2v) is 5.11. The van der Waals surface area contributed by atoms with Gasteiger partial charge in [0.25, 0.3) is 5.91 Å². The van der Waals surface area contributed by atoms with Gasteiger partial charge >= 0.3 is 0 Å². The Morgan fingerprint density at radius 1 is 1.44 bits per heavy atom. The Bertz CT molecular complexity index is 453. The van der Waals surface area contributed by atoms with Crippen molar-refractivity contribution < 1.29 is 9.18 Å². The number of amides is 1. The lowest BCUT2D eigenvalue weighted by molar-refractivity contribution is 0.0902. The summed E-state index contributed by atoms with van der Waals surface area (Å²) in [5.41, 5.74) is 6.37. The summed E-state index contributed by atoms with van der Waals surface area (Å²) in [6.45, 7) is 2.11. The largest absolute Gasteiger partial charge is 0.345 e. The van der Waals surface area contributed by atoms with Crippen LogP contribution in [0.5, 0.6) is 0 Å². The van der Waals surface area contributed by atoms with E-state index >= 15 is 0 Å². The van der Waals surface area contributed by atoms with E-state index in [1.807, 2.05) is 0 Å². The molecule has 98 valence electrons. The van der Waals surface area contributed by atoms with Crippen molar-refractivity contribution in [2.24, 2.45) is 5.73 Å². The van der Waals surface area contributed by atoms with E-state index in [2.05, 4.69) is 5.32 Å². The fourth-order valence-corrected chi connectivity index (χ4v) is 2.48. The molecule has 2 rings (SSSR count). The lowest BCUT2D eigenvalue weighted by atomic mass is 9.97. The fraction of sp³-hybridized carbons (Fsp3) is 0.500. The molecule has 1 aromatic rings. The number of nitrogens with two attached hydrogens (primary N) is 1. The van der Waals surface area contributed by atoms with Gasteiger partial charge in [0, 0.05) is 12.1 Å². The molecule has 1 aliphatic rings. The zero-order valence-corrected chi connectivity index (χ0v) is 10.6. The van der Waals surface area contributed by atoms with Crippen LogP contribution >= 0.6 is 0 Å². The zero-order valence-electron chi connectivity index (χ0n) is 10.6. The number of benzene rings is 1. The van der Waals surface area contributed by atoms with Crippen molar-refractivity contribution in [2.45, 2.75) is 38.1 Å². The molecule has 1 saturated carbocycles. The molecule has 0 atom stereocenters. The van der Waals surface area contributed by atoms with Crippen LogP contribution in [0.3, 0.4) is 0 Å². The average molecular weight is 250 g/mol.